The summed E-state index contributed by atoms with van der Waals surface area (Å²) < 4.78 is 12.9. The van der Waals surface area contributed by atoms with Crippen molar-refractivity contribution in [3.05, 3.63) is 102 Å². The molecule has 3 aromatic rings. The number of nitrogens with one attached hydrogen (secondary N) is 1. The Kier molecular flexibility index (Phi) is 4.72. The van der Waals surface area contributed by atoms with Gasteiger partial charge in [-0.15, -0.1) is 0 Å². The van der Waals surface area contributed by atoms with Gasteiger partial charge in [0.1, 0.15) is 11.5 Å². The predicted octanol–water partition coefficient (Wildman–Crippen LogP) is 3.40. The summed E-state index contributed by atoms with van der Waals surface area (Å²) in [6.45, 7) is 0. The van der Waals surface area contributed by atoms with E-state index < -0.39 is 11.7 Å². The third-order valence-corrected chi connectivity index (χ3v) is 3.33. The maximum absolute atomic E-state index is 12.9. The highest BCUT2D eigenvalue weighted by Gasteiger charge is 2.10. The van der Waals surface area contributed by atoms with Crippen LogP contribution in [-0.4, -0.2) is 16.6 Å². The van der Waals surface area contributed by atoms with Gasteiger partial charge >= 0.3 is 0 Å². The number of pyridine rings is 1. The molecule has 0 spiro atoms. The van der Waals surface area contributed by atoms with Gasteiger partial charge in [-0.3, -0.25) is 9.78 Å². The minimum atomic E-state index is -0.417. The Labute approximate surface area is 138 Å². The van der Waals surface area contributed by atoms with Crippen LogP contribution in [0.1, 0.15) is 21.6 Å². The number of benzene rings is 2. The molecule has 0 aliphatic rings. The third-order valence-electron chi connectivity index (χ3n) is 3.33. The first kappa shape index (κ1) is 15.6. The maximum Gasteiger partial charge on any atom is 0.271 e. The van der Waals surface area contributed by atoms with Crippen LogP contribution in [0.25, 0.3) is 0 Å². The van der Waals surface area contributed by atoms with Gasteiger partial charge in [0, 0.05) is 17.3 Å². The fourth-order valence-corrected chi connectivity index (χ4v) is 2.14. The van der Waals surface area contributed by atoms with Crippen LogP contribution in [0.3, 0.4) is 0 Å². The molecule has 0 saturated carbocycles. The van der Waals surface area contributed by atoms with Gasteiger partial charge < -0.3 is 0 Å². The van der Waals surface area contributed by atoms with E-state index in [4.69, 9.17) is 0 Å². The number of nitrogens with zero attached hydrogens (tertiary/aromatic N) is 2. The van der Waals surface area contributed by atoms with Crippen molar-refractivity contribution in [1.29, 1.82) is 0 Å². The van der Waals surface area contributed by atoms with Gasteiger partial charge in [-0.2, -0.15) is 5.10 Å². The molecular weight excluding hydrogens is 305 g/mol. The van der Waals surface area contributed by atoms with Crippen molar-refractivity contribution in [3.8, 4) is 0 Å². The van der Waals surface area contributed by atoms with Crippen molar-refractivity contribution in [3.63, 3.8) is 0 Å². The number of hydrazone groups is 1. The molecule has 4 nitrogen and oxygen atoms in total. The Balaban J connectivity index is 1.90. The molecule has 24 heavy (non-hydrogen) atoms. The number of hydrogen-bond donors (Lipinski definition) is 1. The summed E-state index contributed by atoms with van der Waals surface area (Å²) in [5, 5.41) is 4.22. The lowest BCUT2D eigenvalue weighted by molar-refractivity contribution is 0.0955. The summed E-state index contributed by atoms with van der Waals surface area (Å²) in [5.41, 5.74) is 4.85. The Morgan fingerprint density at radius 3 is 2.25 bits per heavy atom. The SMILES string of the molecule is O=C(N/N=C(\c1ccccc1)c1ccccn1)c1ccc(F)cc1. The molecule has 0 saturated heterocycles. The van der Waals surface area contributed by atoms with E-state index in [1.807, 2.05) is 48.5 Å². The van der Waals surface area contributed by atoms with Gasteiger partial charge in [0.2, 0.25) is 0 Å². The molecule has 5 heteroatoms. The zero-order valence-electron chi connectivity index (χ0n) is 12.7. The molecule has 3 rings (SSSR count). The number of carbonyl (C=O) groups is 1. The fraction of sp³-hybridized carbons (Fsp3) is 0. The fourth-order valence-electron chi connectivity index (χ4n) is 2.14. The lowest BCUT2D eigenvalue weighted by Crippen LogP contribution is -2.21. The average molecular weight is 319 g/mol. The van der Waals surface area contributed by atoms with Crippen LogP contribution in [0, 0.1) is 5.82 Å². The van der Waals surface area contributed by atoms with Crippen LogP contribution in [0.5, 0.6) is 0 Å². The van der Waals surface area contributed by atoms with E-state index in [2.05, 4.69) is 15.5 Å². The normalized spacial score (nSPS) is 11.1. The molecule has 0 atom stereocenters. The van der Waals surface area contributed by atoms with Crippen molar-refractivity contribution < 1.29 is 9.18 Å². The van der Waals surface area contributed by atoms with E-state index in [0.29, 0.717) is 17.0 Å². The third kappa shape index (κ3) is 3.70. The highest BCUT2D eigenvalue weighted by atomic mass is 19.1. The van der Waals surface area contributed by atoms with E-state index in [-0.39, 0.29) is 0 Å². The summed E-state index contributed by atoms with van der Waals surface area (Å²) in [7, 11) is 0. The predicted molar refractivity (Wildman–Crippen MR) is 90.2 cm³/mol. The lowest BCUT2D eigenvalue weighted by atomic mass is 10.1. The van der Waals surface area contributed by atoms with Crippen molar-refractivity contribution in [1.82, 2.24) is 10.4 Å². The minimum Gasteiger partial charge on any atom is -0.267 e. The average Bonchev–Trinajstić information content (AvgIpc) is 2.64. The summed E-state index contributed by atoms with van der Waals surface area (Å²) in [5.74, 6) is -0.812. The van der Waals surface area contributed by atoms with Crippen LogP contribution in [0.4, 0.5) is 4.39 Å². The van der Waals surface area contributed by atoms with Crippen LogP contribution in [0.2, 0.25) is 0 Å². The smallest absolute Gasteiger partial charge is 0.267 e. The Morgan fingerprint density at radius 2 is 1.58 bits per heavy atom. The van der Waals surface area contributed by atoms with E-state index in [0.717, 1.165) is 5.56 Å². The monoisotopic (exact) mass is 319 g/mol. The molecule has 0 fully saturated rings. The number of halogens is 1. The second kappa shape index (κ2) is 7.28. The topological polar surface area (TPSA) is 54.4 Å². The minimum absolute atomic E-state index is 0.327. The molecule has 1 heterocycles. The second-order valence-electron chi connectivity index (χ2n) is 4.99. The van der Waals surface area contributed by atoms with E-state index in [1.54, 1.807) is 6.20 Å². The first-order valence-electron chi connectivity index (χ1n) is 7.34. The summed E-state index contributed by atoms with van der Waals surface area (Å²) >= 11 is 0. The van der Waals surface area contributed by atoms with Gasteiger partial charge in [0.05, 0.1) is 5.69 Å². The van der Waals surface area contributed by atoms with Gasteiger partial charge in [-0.1, -0.05) is 36.4 Å². The summed E-state index contributed by atoms with van der Waals surface area (Å²) in [6, 6.07) is 20.2. The lowest BCUT2D eigenvalue weighted by Gasteiger charge is -2.07. The van der Waals surface area contributed by atoms with Crippen molar-refractivity contribution in [2.24, 2.45) is 5.10 Å². The highest BCUT2D eigenvalue weighted by Crippen LogP contribution is 2.09. The van der Waals surface area contributed by atoms with Gasteiger partial charge in [0.25, 0.3) is 5.91 Å². The molecule has 1 amide bonds. The Morgan fingerprint density at radius 1 is 0.875 bits per heavy atom. The van der Waals surface area contributed by atoms with E-state index >= 15 is 0 Å². The second-order valence-corrected chi connectivity index (χ2v) is 4.99. The van der Waals surface area contributed by atoms with Crippen molar-refractivity contribution in [2.75, 3.05) is 0 Å². The molecule has 0 aliphatic heterocycles. The summed E-state index contributed by atoms with van der Waals surface area (Å²) in [6.07, 6.45) is 1.66. The van der Waals surface area contributed by atoms with Crippen molar-refractivity contribution in [2.45, 2.75) is 0 Å². The summed E-state index contributed by atoms with van der Waals surface area (Å²) in [4.78, 5) is 16.4. The van der Waals surface area contributed by atoms with Gasteiger partial charge in [-0.05, 0) is 36.4 Å². The van der Waals surface area contributed by atoms with Crippen LogP contribution >= 0.6 is 0 Å². The molecule has 1 aromatic heterocycles. The quantitative estimate of drug-likeness (QED) is 0.592. The van der Waals surface area contributed by atoms with Crippen molar-refractivity contribution >= 4 is 11.6 Å². The molecule has 0 bridgehead atoms. The number of rotatable bonds is 4. The zero-order chi connectivity index (χ0) is 16.8. The first-order chi connectivity index (χ1) is 11.7. The molecule has 1 N–H and O–H groups in total. The number of aromatic nitrogens is 1. The standard InChI is InChI=1S/C19H14FN3O/c20-16-11-9-15(10-12-16)19(24)23-22-18(14-6-2-1-3-7-14)17-8-4-5-13-21-17/h1-13H,(H,23,24)/b22-18+. The number of amides is 1. The molecular formula is C19H14FN3O. The number of hydrogen-bond acceptors (Lipinski definition) is 3. The van der Waals surface area contributed by atoms with Crippen LogP contribution < -0.4 is 5.43 Å². The molecule has 0 aliphatic carbocycles. The van der Waals surface area contributed by atoms with Gasteiger partial charge in [-0.25, -0.2) is 9.82 Å². The van der Waals surface area contributed by atoms with E-state index in [9.17, 15) is 9.18 Å². The maximum atomic E-state index is 12.9. The van der Waals surface area contributed by atoms with Gasteiger partial charge in [0.15, 0.2) is 0 Å². The largest absolute Gasteiger partial charge is 0.271 e. The number of carbonyl (C=O) groups excluding carboxylic acids is 1. The first-order valence-corrected chi connectivity index (χ1v) is 7.34. The molecule has 0 radical (unpaired) electrons. The zero-order valence-corrected chi connectivity index (χ0v) is 12.7. The Bertz CT molecular complexity index is 805. The van der Waals surface area contributed by atoms with Crippen LogP contribution in [-0.2, 0) is 0 Å². The molecule has 2 aromatic carbocycles. The van der Waals surface area contributed by atoms with E-state index in [1.165, 1.54) is 24.3 Å². The highest BCUT2D eigenvalue weighted by molar-refractivity contribution is 6.12. The van der Waals surface area contributed by atoms with Crippen LogP contribution in [0.15, 0.2) is 84.1 Å². The molecule has 118 valence electrons. The Hall–Kier alpha value is -3.34. The molecule has 0 unspecified atom stereocenters.